The number of nitriles is 1. The van der Waals surface area contributed by atoms with Crippen LogP contribution in [0, 0.1) is 18.3 Å². The zero-order valence-corrected chi connectivity index (χ0v) is 19.7. The van der Waals surface area contributed by atoms with Gasteiger partial charge in [0.05, 0.1) is 42.5 Å². The maximum absolute atomic E-state index is 9.88. The second-order valence-electron chi connectivity index (χ2n) is 8.27. The predicted octanol–water partition coefficient (Wildman–Crippen LogP) is 4.57. The molecule has 34 heavy (non-hydrogen) atoms. The van der Waals surface area contributed by atoms with Crippen LogP contribution in [-0.4, -0.2) is 60.3 Å². The van der Waals surface area contributed by atoms with E-state index in [9.17, 15) is 5.26 Å². The summed E-state index contributed by atoms with van der Waals surface area (Å²) < 4.78 is 11.5. The van der Waals surface area contributed by atoms with Crippen LogP contribution in [-0.2, 0) is 4.74 Å². The van der Waals surface area contributed by atoms with E-state index in [4.69, 9.17) is 26.1 Å². The highest BCUT2D eigenvalue weighted by Gasteiger charge is 2.24. The van der Waals surface area contributed by atoms with Crippen LogP contribution in [0.15, 0.2) is 41.4 Å². The van der Waals surface area contributed by atoms with E-state index in [1.165, 1.54) is 0 Å². The summed E-state index contributed by atoms with van der Waals surface area (Å²) in [6.07, 6.45) is 0.865. The largest absolute Gasteiger partial charge is 0.492 e. The molecule has 0 saturated carbocycles. The predicted molar refractivity (Wildman–Crippen MR) is 132 cm³/mol. The number of aromatic nitrogens is 2. The number of aryl methyl sites for hydroxylation is 1. The van der Waals surface area contributed by atoms with Gasteiger partial charge in [0.15, 0.2) is 5.82 Å². The number of nitrogens with zero attached hydrogens (tertiary/aromatic N) is 4. The van der Waals surface area contributed by atoms with Gasteiger partial charge in [-0.25, -0.2) is 4.99 Å². The maximum atomic E-state index is 9.88. The van der Waals surface area contributed by atoms with Crippen molar-refractivity contribution < 1.29 is 9.47 Å². The number of morpholine rings is 1. The summed E-state index contributed by atoms with van der Waals surface area (Å²) >= 11 is 6.55. The van der Waals surface area contributed by atoms with E-state index >= 15 is 0 Å². The Morgan fingerprint density at radius 3 is 2.82 bits per heavy atom. The van der Waals surface area contributed by atoms with E-state index in [1.807, 2.05) is 43.3 Å². The van der Waals surface area contributed by atoms with Gasteiger partial charge in [-0.2, -0.15) is 10.4 Å². The van der Waals surface area contributed by atoms with Crippen molar-refractivity contribution in [1.29, 1.82) is 5.26 Å². The molecule has 174 valence electrons. The average Bonchev–Trinajstić information content (AvgIpc) is 3.11. The normalized spacial score (nSPS) is 15.4. The number of benzene rings is 2. The molecule has 0 unspecified atom stereocenters. The van der Waals surface area contributed by atoms with Gasteiger partial charge >= 0.3 is 0 Å². The molecule has 2 aliphatic heterocycles. The number of aromatic amines is 1. The van der Waals surface area contributed by atoms with Gasteiger partial charge in [-0.1, -0.05) is 29.8 Å². The first kappa shape index (κ1) is 22.4. The quantitative estimate of drug-likeness (QED) is 0.395. The molecule has 2 N–H and O–H groups in total. The van der Waals surface area contributed by atoms with E-state index < -0.39 is 0 Å². The standard InChI is InChI=1S/C25H25ClN6O2/c1-16-23-25(31-30-16)28-21-14-22(34-10-4-7-32-8-11-33-12-9-32)17(15-27)13-19(21)24(29-23)18-5-2-3-6-20(18)26/h2-3,5-6,13-14H,4,7-12H2,1H3,(H2,28,30,31). The van der Waals surface area contributed by atoms with Gasteiger partial charge in [0.2, 0.25) is 0 Å². The fourth-order valence-electron chi connectivity index (χ4n) is 4.19. The highest BCUT2D eigenvalue weighted by atomic mass is 35.5. The molecule has 5 rings (SSSR count). The number of aliphatic imine (C=N–C) groups is 1. The molecule has 0 amide bonds. The van der Waals surface area contributed by atoms with E-state index in [0.29, 0.717) is 40.2 Å². The molecule has 0 aliphatic carbocycles. The van der Waals surface area contributed by atoms with Crippen molar-refractivity contribution in [3.8, 4) is 11.8 Å². The van der Waals surface area contributed by atoms with Gasteiger partial charge in [0.1, 0.15) is 17.5 Å². The van der Waals surface area contributed by atoms with Gasteiger partial charge in [-0.3, -0.25) is 10.00 Å². The molecule has 2 aliphatic rings. The lowest BCUT2D eigenvalue weighted by atomic mass is 9.98. The fraction of sp³-hybridized carbons (Fsp3) is 0.320. The second kappa shape index (κ2) is 9.85. The molecule has 8 nitrogen and oxygen atoms in total. The Morgan fingerprint density at radius 1 is 1.21 bits per heavy atom. The Bertz CT molecular complexity index is 1270. The molecular formula is C25H25ClN6O2. The Labute approximate surface area is 203 Å². The van der Waals surface area contributed by atoms with Crippen LogP contribution in [0.5, 0.6) is 5.75 Å². The third-order valence-corrected chi connectivity index (χ3v) is 6.33. The topological polar surface area (TPSA) is 98.6 Å². The molecule has 1 saturated heterocycles. The molecule has 0 radical (unpaired) electrons. The molecule has 0 spiro atoms. The second-order valence-corrected chi connectivity index (χ2v) is 8.68. The summed E-state index contributed by atoms with van der Waals surface area (Å²) in [5.74, 6) is 1.15. The van der Waals surface area contributed by atoms with Crippen LogP contribution >= 0.6 is 11.6 Å². The van der Waals surface area contributed by atoms with Crippen molar-refractivity contribution >= 4 is 34.5 Å². The van der Waals surface area contributed by atoms with E-state index in [2.05, 4.69) is 26.5 Å². The van der Waals surface area contributed by atoms with Crippen molar-refractivity contribution in [3.05, 3.63) is 63.8 Å². The van der Waals surface area contributed by atoms with Crippen LogP contribution in [0.2, 0.25) is 5.02 Å². The third-order valence-electron chi connectivity index (χ3n) is 6.00. The van der Waals surface area contributed by atoms with E-state index in [-0.39, 0.29) is 0 Å². The molecule has 9 heteroatoms. The van der Waals surface area contributed by atoms with Crippen LogP contribution in [0.4, 0.5) is 17.2 Å². The number of fused-ring (bicyclic) bond motifs is 2. The first-order chi connectivity index (χ1) is 16.6. The summed E-state index contributed by atoms with van der Waals surface area (Å²) in [5, 5.41) is 21.2. The van der Waals surface area contributed by atoms with Crippen molar-refractivity contribution in [1.82, 2.24) is 15.1 Å². The highest BCUT2D eigenvalue weighted by molar-refractivity contribution is 6.36. The minimum Gasteiger partial charge on any atom is -0.492 e. The summed E-state index contributed by atoms with van der Waals surface area (Å²) in [6.45, 7) is 6.82. The maximum Gasteiger partial charge on any atom is 0.178 e. The molecule has 0 atom stereocenters. The minimum absolute atomic E-state index is 0.449. The molecule has 2 aromatic carbocycles. The number of ether oxygens (including phenoxy) is 2. The molecule has 0 bridgehead atoms. The number of hydrogen-bond donors (Lipinski definition) is 2. The number of H-pyrrole nitrogens is 1. The SMILES string of the molecule is Cc1[nH]nc2c1N=C(c1ccccc1Cl)c1cc(C#N)c(OCCCN3CCOCC3)cc1N2. The van der Waals surface area contributed by atoms with Crippen LogP contribution in [0.25, 0.3) is 0 Å². The molecule has 1 aromatic heterocycles. The van der Waals surface area contributed by atoms with Gasteiger partial charge < -0.3 is 14.8 Å². The number of halogens is 1. The van der Waals surface area contributed by atoms with Crippen molar-refractivity contribution in [2.45, 2.75) is 13.3 Å². The summed E-state index contributed by atoms with van der Waals surface area (Å²) in [5.41, 5.74) is 4.96. The lowest BCUT2D eigenvalue weighted by Gasteiger charge is -2.26. The molecule has 3 heterocycles. The van der Waals surface area contributed by atoms with Crippen LogP contribution in [0.1, 0.15) is 28.8 Å². The monoisotopic (exact) mass is 476 g/mol. The Hall–Kier alpha value is -3.38. The zero-order valence-electron chi connectivity index (χ0n) is 18.9. The minimum atomic E-state index is 0.449. The highest BCUT2D eigenvalue weighted by Crippen LogP contribution is 2.39. The summed E-state index contributed by atoms with van der Waals surface area (Å²) in [6, 6.07) is 13.5. The van der Waals surface area contributed by atoms with Crippen molar-refractivity contribution in [2.24, 2.45) is 4.99 Å². The molecule has 3 aromatic rings. The van der Waals surface area contributed by atoms with Crippen molar-refractivity contribution in [3.63, 3.8) is 0 Å². The van der Waals surface area contributed by atoms with E-state index in [0.717, 1.165) is 61.8 Å². The van der Waals surface area contributed by atoms with E-state index in [1.54, 1.807) is 0 Å². The Morgan fingerprint density at radius 2 is 2.03 bits per heavy atom. The number of rotatable bonds is 6. The lowest BCUT2D eigenvalue weighted by molar-refractivity contribution is 0.0358. The van der Waals surface area contributed by atoms with Crippen LogP contribution in [0.3, 0.4) is 0 Å². The fourth-order valence-corrected chi connectivity index (χ4v) is 4.41. The van der Waals surface area contributed by atoms with Gasteiger partial charge in [-0.15, -0.1) is 0 Å². The Balaban J connectivity index is 1.47. The average molecular weight is 477 g/mol. The Kier molecular flexibility index (Phi) is 6.50. The first-order valence-electron chi connectivity index (χ1n) is 11.3. The summed E-state index contributed by atoms with van der Waals surface area (Å²) in [4.78, 5) is 7.28. The lowest BCUT2D eigenvalue weighted by Crippen LogP contribution is -2.37. The van der Waals surface area contributed by atoms with Crippen molar-refractivity contribution in [2.75, 3.05) is 44.8 Å². The third kappa shape index (κ3) is 4.50. The number of hydrogen-bond acceptors (Lipinski definition) is 7. The first-order valence-corrected chi connectivity index (χ1v) is 11.7. The van der Waals surface area contributed by atoms with Crippen LogP contribution < -0.4 is 10.1 Å². The van der Waals surface area contributed by atoms with Gasteiger partial charge in [0.25, 0.3) is 0 Å². The number of nitrogens with one attached hydrogen (secondary N) is 2. The molecular weight excluding hydrogens is 452 g/mol. The number of anilines is 2. The van der Waals surface area contributed by atoms with Gasteiger partial charge in [0, 0.05) is 41.9 Å². The molecule has 1 fully saturated rings. The van der Waals surface area contributed by atoms with Gasteiger partial charge in [-0.05, 0) is 25.5 Å². The smallest absolute Gasteiger partial charge is 0.178 e. The zero-order chi connectivity index (χ0) is 23.5. The summed E-state index contributed by atoms with van der Waals surface area (Å²) in [7, 11) is 0.